The standard InChI is InChI=1S/C21H26N4O3/c1-3-23-14-22-16-13-24(12-10-15(16)20(23)26)18-8-6-11-25(21(18)27)17-7-4-5-9-19(17)28-2/h4-5,7,9,14,18H,3,6,8,10-13H2,1-2H3. The number of carbonyl (C=O) groups excluding carboxylic acids is 1. The van der Waals surface area contributed by atoms with E-state index in [-0.39, 0.29) is 17.5 Å². The van der Waals surface area contributed by atoms with Gasteiger partial charge in [-0.05, 0) is 38.3 Å². The predicted octanol–water partition coefficient (Wildman–Crippen LogP) is 1.83. The second-order valence-corrected chi connectivity index (χ2v) is 7.30. The zero-order valence-corrected chi connectivity index (χ0v) is 16.4. The van der Waals surface area contributed by atoms with Crippen LogP contribution in [-0.4, -0.2) is 46.6 Å². The van der Waals surface area contributed by atoms with Gasteiger partial charge >= 0.3 is 0 Å². The van der Waals surface area contributed by atoms with Crippen LogP contribution in [0.4, 0.5) is 5.69 Å². The molecular weight excluding hydrogens is 356 g/mol. The summed E-state index contributed by atoms with van der Waals surface area (Å²) in [6.07, 6.45) is 4.02. The third-order valence-electron chi connectivity index (χ3n) is 5.79. The fourth-order valence-electron chi connectivity index (χ4n) is 4.26. The molecule has 1 saturated heterocycles. The molecule has 0 aliphatic carbocycles. The van der Waals surface area contributed by atoms with Crippen LogP contribution in [-0.2, 0) is 24.3 Å². The molecule has 1 atom stereocenters. The fraction of sp³-hybridized carbons (Fsp3) is 0.476. The SMILES string of the molecule is CCn1cnc2c(c1=O)CCN(C1CCCN(c3ccccc3OC)C1=O)C2. The van der Waals surface area contributed by atoms with Crippen LogP contribution in [0, 0.1) is 0 Å². The highest BCUT2D eigenvalue weighted by molar-refractivity contribution is 5.99. The zero-order valence-electron chi connectivity index (χ0n) is 16.4. The molecule has 4 rings (SSSR count). The molecule has 28 heavy (non-hydrogen) atoms. The summed E-state index contributed by atoms with van der Waals surface area (Å²) < 4.78 is 7.10. The molecule has 2 aromatic rings. The Labute approximate surface area is 164 Å². The Morgan fingerprint density at radius 1 is 1.21 bits per heavy atom. The number of nitrogens with zero attached hydrogens (tertiary/aromatic N) is 4. The van der Waals surface area contributed by atoms with Crippen molar-refractivity contribution in [2.24, 2.45) is 0 Å². The molecule has 0 bridgehead atoms. The van der Waals surface area contributed by atoms with Crippen LogP contribution in [0.5, 0.6) is 5.75 Å². The van der Waals surface area contributed by atoms with Gasteiger partial charge < -0.3 is 9.64 Å². The molecule has 1 amide bonds. The lowest BCUT2D eigenvalue weighted by Gasteiger charge is -2.40. The number of ether oxygens (including phenoxy) is 1. The van der Waals surface area contributed by atoms with E-state index in [2.05, 4.69) is 9.88 Å². The van der Waals surface area contributed by atoms with Gasteiger partial charge in [0.2, 0.25) is 5.91 Å². The Balaban J connectivity index is 1.57. The summed E-state index contributed by atoms with van der Waals surface area (Å²) in [5.41, 5.74) is 2.48. The van der Waals surface area contributed by atoms with Gasteiger partial charge in [-0.15, -0.1) is 0 Å². The van der Waals surface area contributed by atoms with Crippen molar-refractivity contribution in [2.45, 2.75) is 45.3 Å². The number of carbonyl (C=O) groups is 1. The molecule has 1 unspecified atom stereocenters. The second-order valence-electron chi connectivity index (χ2n) is 7.30. The van der Waals surface area contributed by atoms with Crippen molar-refractivity contribution in [3.05, 3.63) is 52.2 Å². The molecule has 0 saturated carbocycles. The van der Waals surface area contributed by atoms with Gasteiger partial charge in [0.1, 0.15) is 5.75 Å². The highest BCUT2D eigenvalue weighted by Crippen LogP contribution is 2.32. The van der Waals surface area contributed by atoms with Gasteiger partial charge in [-0.3, -0.25) is 19.1 Å². The summed E-state index contributed by atoms with van der Waals surface area (Å²) >= 11 is 0. The monoisotopic (exact) mass is 382 g/mol. The molecule has 2 aliphatic heterocycles. The van der Waals surface area contributed by atoms with E-state index in [4.69, 9.17) is 4.74 Å². The van der Waals surface area contributed by atoms with Crippen molar-refractivity contribution in [3.8, 4) is 5.75 Å². The lowest BCUT2D eigenvalue weighted by atomic mass is 9.98. The first-order valence-electron chi connectivity index (χ1n) is 9.89. The first-order chi connectivity index (χ1) is 13.6. The van der Waals surface area contributed by atoms with Crippen LogP contribution in [0.1, 0.15) is 31.0 Å². The molecule has 0 spiro atoms. The largest absolute Gasteiger partial charge is 0.495 e. The summed E-state index contributed by atoms with van der Waals surface area (Å²) in [7, 11) is 1.63. The quantitative estimate of drug-likeness (QED) is 0.807. The van der Waals surface area contributed by atoms with Gasteiger partial charge in [-0.2, -0.15) is 0 Å². The van der Waals surface area contributed by atoms with Crippen molar-refractivity contribution in [2.75, 3.05) is 25.1 Å². The molecular formula is C21H26N4O3. The number of anilines is 1. The maximum absolute atomic E-state index is 13.3. The molecule has 2 aliphatic rings. The minimum atomic E-state index is -0.192. The molecule has 7 nitrogen and oxygen atoms in total. The number of hydrogen-bond acceptors (Lipinski definition) is 5. The average Bonchev–Trinajstić information content (AvgIpc) is 2.74. The van der Waals surface area contributed by atoms with Crippen LogP contribution in [0.3, 0.4) is 0 Å². The maximum Gasteiger partial charge on any atom is 0.256 e. The van der Waals surface area contributed by atoms with E-state index in [0.29, 0.717) is 38.3 Å². The Kier molecular flexibility index (Phi) is 5.17. The van der Waals surface area contributed by atoms with E-state index in [0.717, 1.165) is 29.8 Å². The van der Waals surface area contributed by atoms with E-state index in [1.165, 1.54) is 0 Å². The summed E-state index contributed by atoms with van der Waals surface area (Å²) in [5, 5.41) is 0. The first kappa shape index (κ1) is 18.7. The third-order valence-corrected chi connectivity index (χ3v) is 5.79. The van der Waals surface area contributed by atoms with Gasteiger partial charge in [0.25, 0.3) is 5.56 Å². The Bertz CT molecular complexity index is 939. The predicted molar refractivity (Wildman–Crippen MR) is 107 cm³/mol. The number of fused-ring (bicyclic) bond motifs is 1. The van der Waals surface area contributed by atoms with Crippen molar-refractivity contribution in [1.29, 1.82) is 0 Å². The van der Waals surface area contributed by atoms with Crippen LogP contribution in [0.2, 0.25) is 0 Å². The normalized spacial score (nSPS) is 20.1. The lowest BCUT2D eigenvalue weighted by Crippen LogP contribution is -2.54. The Morgan fingerprint density at radius 3 is 2.82 bits per heavy atom. The van der Waals surface area contributed by atoms with Crippen molar-refractivity contribution in [3.63, 3.8) is 0 Å². The van der Waals surface area contributed by atoms with Crippen LogP contribution >= 0.6 is 0 Å². The lowest BCUT2D eigenvalue weighted by molar-refractivity contribution is -0.125. The second kappa shape index (κ2) is 7.75. The topological polar surface area (TPSA) is 67.7 Å². The number of para-hydroxylation sites is 2. The molecule has 1 fully saturated rings. The number of amides is 1. The molecule has 3 heterocycles. The Hall–Kier alpha value is -2.67. The van der Waals surface area contributed by atoms with Crippen molar-refractivity contribution < 1.29 is 9.53 Å². The molecule has 148 valence electrons. The number of aryl methyl sites for hydroxylation is 1. The summed E-state index contributed by atoms with van der Waals surface area (Å²) in [6, 6.07) is 7.45. The smallest absolute Gasteiger partial charge is 0.256 e. The van der Waals surface area contributed by atoms with Crippen LogP contribution < -0.4 is 15.2 Å². The van der Waals surface area contributed by atoms with E-state index < -0.39 is 0 Å². The average molecular weight is 382 g/mol. The van der Waals surface area contributed by atoms with E-state index in [1.807, 2.05) is 36.1 Å². The molecule has 1 aromatic heterocycles. The number of benzene rings is 1. The highest BCUT2D eigenvalue weighted by atomic mass is 16.5. The first-order valence-corrected chi connectivity index (χ1v) is 9.89. The zero-order chi connectivity index (χ0) is 19.7. The van der Waals surface area contributed by atoms with Gasteiger partial charge in [0.05, 0.1) is 30.9 Å². The third kappa shape index (κ3) is 3.20. The summed E-state index contributed by atoms with van der Waals surface area (Å²) in [5.74, 6) is 0.809. The molecule has 0 N–H and O–H groups in total. The van der Waals surface area contributed by atoms with Crippen LogP contribution in [0.15, 0.2) is 35.4 Å². The van der Waals surface area contributed by atoms with Gasteiger partial charge in [-0.1, -0.05) is 12.1 Å². The van der Waals surface area contributed by atoms with E-state index in [1.54, 1.807) is 18.0 Å². The van der Waals surface area contributed by atoms with Gasteiger partial charge in [-0.25, -0.2) is 4.98 Å². The molecule has 0 radical (unpaired) electrons. The highest BCUT2D eigenvalue weighted by Gasteiger charge is 2.36. The molecule has 1 aromatic carbocycles. The van der Waals surface area contributed by atoms with Crippen molar-refractivity contribution in [1.82, 2.24) is 14.5 Å². The Morgan fingerprint density at radius 2 is 2.04 bits per heavy atom. The number of hydrogen-bond donors (Lipinski definition) is 0. The van der Waals surface area contributed by atoms with Crippen molar-refractivity contribution >= 4 is 11.6 Å². The number of methoxy groups -OCH3 is 1. The molecule has 7 heteroatoms. The maximum atomic E-state index is 13.3. The minimum Gasteiger partial charge on any atom is -0.495 e. The van der Waals surface area contributed by atoms with E-state index in [9.17, 15) is 9.59 Å². The minimum absolute atomic E-state index is 0.0535. The van der Waals surface area contributed by atoms with Gasteiger partial charge in [0, 0.05) is 31.7 Å². The number of piperidine rings is 1. The van der Waals surface area contributed by atoms with E-state index >= 15 is 0 Å². The summed E-state index contributed by atoms with van der Waals surface area (Å²) in [6.45, 7) is 4.51. The number of aromatic nitrogens is 2. The fourth-order valence-corrected chi connectivity index (χ4v) is 4.26. The van der Waals surface area contributed by atoms with Crippen LogP contribution in [0.25, 0.3) is 0 Å². The number of rotatable bonds is 4. The van der Waals surface area contributed by atoms with Gasteiger partial charge in [0.15, 0.2) is 0 Å². The summed E-state index contributed by atoms with van der Waals surface area (Å²) in [4.78, 5) is 34.3.